The lowest BCUT2D eigenvalue weighted by Gasteiger charge is -2.21. The molecule has 0 saturated carbocycles. The first-order valence-electron chi connectivity index (χ1n) is 13.4. The normalized spacial score (nSPS) is 12.4. The second-order valence-corrected chi connectivity index (χ2v) is 9.25. The molecule has 0 spiro atoms. The lowest BCUT2D eigenvalue weighted by Crippen LogP contribution is -2.04. The van der Waals surface area contributed by atoms with E-state index in [1.807, 2.05) is 39.1 Å². The number of nitrogens with zero attached hydrogens (tertiary/aromatic N) is 2. The summed E-state index contributed by atoms with van der Waals surface area (Å²) < 4.78 is 23.8. The van der Waals surface area contributed by atoms with Crippen molar-refractivity contribution in [3.63, 3.8) is 0 Å². The van der Waals surface area contributed by atoms with Gasteiger partial charge in [0.25, 0.3) is 0 Å². The fourth-order valence-electron chi connectivity index (χ4n) is 4.98. The number of ether oxygens (including phenoxy) is 4. The maximum absolute atomic E-state index is 5.95. The van der Waals surface area contributed by atoms with Gasteiger partial charge < -0.3 is 18.9 Å². The molecule has 200 valence electrons. The van der Waals surface area contributed by atoms with Gasteiger partial charge in [-0.3, -0.25) is 0 Å². The van der Waals surface area contributed by atoms with Crippen LogP contribution < -0.4 is 18.9 Å². The van der Waals surface area contributed by atoms with Gasteiger partial charge in [0.05, 0.1) is 33.6 Å². The largest absolute Gasteiger partial charge is 0.496 e. The van der Waals surface area contributed by atoms with Crippen molar-refractivity contribution in [2.45, 2.75) is 53.9 Å². The Labute approximate surface area is 226 Å². The molecule has 0 unspecified atom stereocenters. The summed E-state index contributed by atoms with van der Waals surface area (Å²) in [6.07, 6.45) is 4.25. The molecule has 3 aromatic carbocycles. The van der Waals surface area contributed by atoms with E-state index in [2.05, 4.69) is 48.3 Å². The van der Waals surface area contributed by atoms with E-state index in [9.17, 15) is 0 Å². The minimum absolute atomic E-state index is 0.596. The number of methoxy groups -OCH3 is 2. The van der Waals surface area contributed by atoms with Crippen molar-refractivity contribution in [1.82, 2.24) is 0 Å². The molecule has 3 aromatic rings. The molecule has 6 nitrogen and oxygen atoms in total. The number of fused-ring (bicyclic) bond motifs is 1. The summed E-state index contributed by atoms with van der Waals surface area (Å²) in [5, 5.41) is 8.64. The molecular formula is C32H38N2O4. The maximum atomic E-state index is 5.95. The molecule has 1 heterocycles. The first-order chi connectivity index (χ1) is 18.5. The Morgan fingerprint density at radius 3 is 1.66 bits per heavy atom. The summed E-state index contributed by atoms with van der Waals surface area (Å²) >= 11 is 0. The summed E-state index contributed by atoms with van der Waals surface area (Å²) in [5.74, 6) is 3.23. The predicted octanol–water partition coefficient (Wildman–Crippen LogP) is 7.31. The molecule has 0 atom stereocenters. The van der Waals surface area contributed by atoms with Crippen molar-refractivity contribution in [2.24, 2.45) is 10.2 Å². The zero-order valence-corrected chi connectivity index (χ0v) is 23.6. The molecule has 0 fully saturated rings. The van der Waals surface area contributed by atoms with Gasteiger partial charge in [-0.2, -0.15) is 10.2 Å². The van der Waals surface area contributed by atoms with Gasteiger partial charge in [0.2, 0.25) is 0 Å². The molecule has 1 aliphatic heterocycles. The average molecular weight is 515 g/mol. The highest BCUT2D eigenvalue weighted by Gasteiger charge is 2.22. The molecule has 0 saturated heterocycles. The topological polar surface area (TPSA) is 61.6 Å². The summed E-state index contributed by atoms with van der Waals surface area (Å²) in [7, 11) is 3.41. The number of benzene rings is 3. The second-order valence-electron chi connectivity index (χ2n) is 9.25. The lowest BCUT2D eigenvalue weighted by atomic mass is 9.86. The van der Waals surface area contributed by atoms with Crippen LogP contribution >= 0.6 is 0 Å². The Bertz CT molecular complexity index is 1370. The Hall–Kier alpha value is -3.80. The van der Waals surface area contributed by atoms with Gasteiger partial charge in [-0.25, -0.2) is 0 Å². The highest BCUT2D eigenvalue weighted by molar-refractivity contribution is 5.97. The monoisotopic (exact) mass is 514 g/mol. The van der Waals surface area contributed by atoms with E-state index in [0.717, 1.165) is 86.9 Å². The molecule has 1 aliphatic rings. The van der Waals surface area contributed by atoms with E-state index < -0.39 is 0 Å². The van der Waals surface area contributed by atoms with Crippen LogP contribution in [-0.4, -0.2) is 39.4 Å². The van der Waals surface area contributed by atoms with Crippen molar-refractivity contribution in [2.75, 3.05) is 27.4 Å². The standard InChI is InChI=1S/C32H38N2O4/c1-8-21-13-27(31(35-6)17-29(21)37-10-3)25-15-23-12-20(5)34-33-19-24(23)16-26(25)28-14-22(9-2)30(38-11-4)18-32(28)36-7/h13-19H,8-12H2,1-7H3. The molecule has 38 heavy (non-hydrogen) atoms. The summed E-state index contributed by atoms with van der Waals surface area (Å²) in [4.78, 5) is 0. The zero-order chi connectivity index (χ0) is 27.2. The fraction of sp³-hybridized carbons (Fsp3) is 0.375. The van der Waals surface area contributed by atoms with Crippen LogP contribution in [0.15, 0.2) is 46.6 Å². The van der Waals surface area contributed by atoms with Crippen LogP contribution in [0.3, 0.4) is 0 Å². The molecule has 0 radical (unpaired) electrons. The van der Waals surface area contributed by atoms with Crippen molar-refractivity contribution in [3.05, 3.63) is 58.7 Å². The minimum Gasteiger partial charge on any atom is -0.496 e. The molecule has 0 bridgehead atoms. The second kappa shape index (κ2) is 12.2. The third-order valence-corrected chi connectivity index (χ3v) is 6.86. The van der Waals surface area contributed by atoms with Gasteiger partial charge in [-0.15, -0.1) is 0 Å². The Morgan fingerprint density at radius 1 is 0.658 bits per heavy atom. The molecule has 0 aromatic heterocycles. The maximum Gasteiger partial charge on any atom is 0.130 e. The molecular weight excluding hydrogens is 476 g/mol. The SMILES string of the molecule is CCOc1cc(OC)c(-c2cc3c(cc2-c2cc(CC)c(OCC)cc2OC)CC(C)=NN=C3)cc1CC. The van der Waals surface area contributed by atoms with E-state index in [-0.39, 0.29) is 0 Å². The highest BCUT2D eigenvalue weighted by Crippen LogP contribution is 2.46. The van der Waals surface area contributed by atoms with Gasteiger partial charge in [0.15, 0.2) is 0 Å². The summed E-state index contributed by atoms with van der Waals surface area (Å²) in [6.45, 7) is 11.5. The fourth-order valence-corrected chi connectivity index (χ4v) is 4.98. The van der Waals surface area contributed by atoms with Crippen LogP contribution in [0.1, 0.15) is 56.9 Å². The quantitative estimate of drug-likeness (QED) is 0.285. The van der Waals surface area contributed by atoms with Crippen molar-refractivity contribution >= 4 is 11.9 Å². The summed E-state index contributed by atoms with van der Waals surface area (Å²) in [6, 6.07) is 12.8. The molecule has 0 aliphatic carbocycles. The number of rotatable bonds is 10. The molecule has 0 amide bonds. The Kier molecular flexibility index (Phi) is 8.72. The number of aryl methyl sites for hydroxylation is 2. The van der Waals surface area contributed by atoms with Crippen LogP contribution in [0.2, 0.25) is 0 Å². The van der Waals surface area contributed by atoms with E-state index in [4.69, 9.17) is 18.9 Å². The average Bonchev–Trinajstić information content (AvgIpc) is 3.12. The van der Waals surface area contributed by atoms with Crippen molar-refractivity contribution < 1.29 is 18.9 Å². The van der Waals surface area contributed by atoms with E-state index in [1.54, 1.807) is 14.2 Å². The van der Waals surface area contributed by atoms with Gasteiger partial charge in [0, 0.05) is 35.4 Å². The van der Waals surface area contributed by atoms with Crippen LogP contribution in [0.25, 0.3) is 22.3 Å². The predicted molar refractivity (Wildman–Crippen MR) is 156 cm³/mol. The van der Waals surface area contributed by atoms with Gasteiger partial charge in [0.1, 0.15) is 23.0 Å². The third kappa shape index (κ3) is 5.40. The van der Waals surface area contributed by atoms with E-state index >= 15 is 0 Å². The molecule has 4 rings (SSSR count). The van der Waals surface area contributed by atoms with Crippen LogP contribution in [-0.2, 0) is 19.3 Å². The lowest BCUT2D eigenvalue weighted by molar-refractivity contribution is 0.332. The van der Waals surface area contributed by atoms with Crippen molar-refractivity contribution in [1.29, 1.82) is 0 Å². The van der Waals surface area contributed by atoms with E-state index in [0.29, 0.717) is 13.2 Å². The van der Waals surface area contributed by atoms with Crippen molar-refractivity contribution in [3.8, 4) is 45.3 Å². The van der Waals surface area contributed by atoms with Gasteiger partial charge >= 0.3 is 0 Å². The smallest absolute Gasteiger partial charge is 0.130 e. The van der Waals surface area contributed by atoms with Gasteiger partial charge in [-0.1, -0.05) is 13.8 Å². The third-order valence-electron chi connectivity index (χ3n) is 6.86. The van der Waals surface area contributed by atoms with E-state index in [1.165, 1.54) is 5.56 Å². The minimum atomic E-state index is 0.596. The number of hydrogen-bond donors (Lipinski definition) is 0. The Morgan fingerprint density at radius 2 is 1.18 bits per heavy atom. The first kappa shape index (κ1) is 27.2. The Balaban J connectivity index is 2.06. The number of hydrogen-bond acceptors (Lipinski definition) is 6. The van der Waals surface area contributed by atoms with Crippen LogP contribution in [0.5, 0.6) is 23.0 Å². The summed E-state index contributed by atoms with van der Waals surface area (Å²) in [5.41, 5.74) is 9.54. The first-order valence-corrected chi connectivity index (χ1v) is 13.4. The van der Waals surface area contributed by atoms with Crippen LogP contribution in [0, 0.1) is 0 Å². The van der Waals surface area contributed by atoms with Crippen LogP contribution in [0.4, 0.5) is 0 Å². The molecule has 6 heteroatoms. The van der Waals surface area contributed by atoms with Gasteiger partial charge in [-0.05, 0) is 91.3 Å². The zero-order valence-electron chi connectivity index (χ0n) is 23.6. The molecule has 0 N–H and O–H groups in total. The highest BCUT2D eigenvalue weighted by atomic mass is 16.5.